The average molecular weight is 249 g/mol. The molecule has 0 saturated carbocycles. The van der Waals surface area contributed by atoms with Gasteiger partial charge in [-0.15, -0.1) is 11.3 Å². The maximum Gasteiger partial charge on any atom is 0.335 e. The van der Waals surface area contributed by atoms with Gasteiger partial charge in [0.05, 0.1) is 22.6 Å². The summed E-state index contributed by atoms with van der Waals surface area (Å²) >= 11 is 1.55. The molecule has 0 aliphatic carbocycles. The average Bonchev–Trinajstić information content (AvgIpc) is 2.74. The van der Waals surface area contributed by atoms with E-state index in [0.29, 0.717) is 5.75 Å². The number of nitrogens with zero attached hydrogens (tertiary/aromatic N) is 1. The minimum Gasteiger partial charge on any atom is -0.496 e. The third-order valence-corrected chi connectivity index (χ3v) is 3.28. The SMILES string of the molecule is COc1cc(C(=O)O)ccc1-c1cnc(C)s1. The van der Waals surface area contributed by atoms with Gasteiger partial charge in [-0.3, -0.25) is 0 Å². The maximum absolute atomic E-state index is 10.9. The summed E-state index contributed by atoms with van der Waals surface area (Å²) in [6, 6.07) is 4.83. The Kier molecular flexibility index (Phi) is 3.10. The van der Waals surface area contributed by atoms with Gasteiger partial charge in [-0.2, -0.15) is 0 Å². The smallest absolute Gasteiger partial charge is 0.335 e. The standard InChI is InChI=1S/C12H11NO3S/c1-7-13-6-11(17-7)9-4-3-8(12(14)15)5-10(9)16-2/h3-6H,1-2H3,(H,14,15). The van der Waals surface area contributed by atoms with Gasteiger partial charge in [0.15, 0.2) is 0 Å². The predicted molar refractivity (Wildman–Crippen MR) is 65.8 cm³/mol. The van der Waals surface area contributed by atoms with E-state index in [-0.39, 0.29) is 5.56 Å². The molecule has 5 heteroatoms. The summed E-state index contributed by atoms with van der Waals surface area (Å²) in [7, 11) is 1.53. The lowest BCUT2D eigenvalue weighted by Crippen LogP contribution is -1.97. The Hall–Kier alpha value is -1.88. The molecule has 2 aromatic rings. The first-order chi connectivity index (χ1) is 8.11. The van der Waals surface area contributed by atoms with Gasteiger partial charge < -0.3 is 9.84 Å². The third kappa shape index (κ3) is 2.29. The van der Waals surface area contributed by atoms with Gasteiger partial charge in [-0.05, 0) is 25.1 Å². The van der Waals surface area contributed by atoms with E-state index in [4.69, 9.17) is 9.84 Å². The second-order valence-electron chi connectivity index (χ2n) is 3.46. The maximum atomic E-state index is 10.9. The van der Waals surface area contributed by atoms with Crippen LogP contribution in [-0.4, -0.2) is 23.2 Å². The van der Waals surface area contributed by atoms with Crippen LogP contribution in [0.2, 0.25) is 0 Å². The van der Waals surface area contributed by atoms with Crippen molar-refractivity contribution >= 4 is 17.3 Å². The van der Waals surface area contributed by atoms with Crippen LogP contribution in [0.5, 0.6) is 5.75 Å². The molecule has 1 aromatic carbocycles. The molecule has 0 atom stereocenters. The van der Waals surface area contributed by atoms with Crippen molar-refractivity contribution in [3.05, 3.63) is 35.0 Å². The summed E-state index contributed by atoms with van der Waals surface area (Å²) in [6.45, 7) is 1.92. The van der Waals surface area contributed by atoms with Crippen LogP contribution >= 0.6 is 11.3 Å². The van der Waals surface area contributed by atoms with Crippen LogP contribution < -0.4 is 4.74 Å². The van der Waals surface area contributed by atoms with E-state index < -0.39 is 5.97 Å². The fraction of sp³-hybridized carbons (Fsp3) is 0.167. The number of ether oxygens (including phenoxy) is 1. The summed E-state index contributed by atoms with van der Waals surface area (Å²) in [6.07, 6.45) is 1.76. The minimum atomic E-state index is -0.963. The highest BCUT2D eigenvalue weighted by atomic mass is 32.1. The Morgan fingerprint density at radius 2 is 2.24 bits per heavy atom. The van der Waals surface area contributed by atoms with E-state index >= 15 is 0 Å². The number of hydrogen-bond donors (Lipinski definition) is 1. The van der Waals surface area contributed by atoms with E-state index in [1.165, 1.54) is 13.2 Å². The van der Waals surface area contributed by atoms with E-state index in [1.54, 1.807) is 29.7 Å². The summed E-state index contributed by atoms with van der Waals surface area (Å²) in [5, 5.41) is 9.87. The number of aryl methyl sites for hydroxylation is 1. The lowest BCUT2D eigenvalue weighted by molar-refractivity contribution is 0.0696. The molecule has 1 heterocycles. The lowest BCUT2D eigenvalue weighted by Gasteiger charge is -2.07. The Morgan fingerprint density at radius 1 is 1.47 bits per heavy atom. The zero-order chi connectivity index (χ0) is 12.4. The number of methoxy groups -OCH3 is 1. The Bertz CT molecular complexity index is 563. The van der Waals surface area contributed by atoms with Crippen LogP contribution in [0.3, 0.4) is 0 Å². The molecular weight excluding hydrogens is 238 g/mol. The van der Waals surface area contributed by atoms with Crippen LogP contribution in [0.4, 0.5) is 0 Å². The molecule has 17 heavy (non-hydrogen) atoms. The molecule has 88 valence electrons. The molecule has 0 aliphatic rings. The summed E-state index contributed by atoms with van der Waals surface area (Å²) < 4.78 is 5.22. The first kappa shape index (κ1) is 11.6. The summed E-state index contributed by atoms with van der Waals surface area (Å²) in [5.74, 6) is -0.413. The van der Waals surface area contributed by atoms with E-state index in [9.17, 15) is 4.79 Å². The van der Waals surface area contributed by atoms with Crippen LogP contribution in [0.1, 0.15) is 15.4 Å². The third-order valence-electron chi connectivity index (χ3n) is 2.34. The fourth-order valence-corrected chi connectivity index (χ4v) is 2.32. The molecule has 0 aliphatic heterocycles. The van der Waals surface area contributed by atoms with Gasteiger partial charge in [0, 0.05) is 11.8 Å². The number of thiazole rings is 1. The van der Waals surface area contributed by atoms with Gasteiger partial charge >= 0.3 is 5.97 Å². The van der Waals surface area contributed by atoms with Crippen molar-refractivity contribution in [2.75, 3.05) is 7.11 Å². The lowest BCUT2D eigenvalue weighted by atomic mass is 10.1. The summed E-state index contributed by atoms with van der Waals surface area (Å²) in [5.41, 5.74) is 1.08. The Labute approximate surface area is 103 Å². The molecule has 2 rings (SSSR count). The predicted octanol–water partition coefficient (Wildman–Crippen LogP) is 2.83. The van der Waals surface area contributed by atoms with Crippen molar-refractivity contribution in [1.82, 2.24) is 4.98 Å². The van der Waals surface area contributed by atoms with Crippen molar-refractivity contribution in [2.45, 2.75) is 6.92 Å². The zero-order valence-corrected chi connectivity index (χ0v) is 10.2. The van der Waals surface area contributed by atoms with Crippen molar-refractivity contribution in [2.24, 2.45) is 0 Å². The minimum absolute atomic E-state index is 0.215. The normalized spacial score (nSPS) is 10.2. The molecule has 0 saturated heterocycles. The molecule has 0 spiro atoms. The number of benzene rings is 1. The second-order valence-corrected chi connectivity index (χ2v) is 4.70. The van der Waals surface area contributed by atoms with Crippen molar-refractivity contribution in [3.8, 4) is 16.2 Å². The van der Waals surface area contributed by atoms with E-state index in [0.717, 1.165) is 15.4 Å². The number of carboxylic acid groups (broad SMARTS) is 1. The molecule has 0 amide bonds. The Morgan fingerprint density at radius 3 is 2.76 bits per heavy atom. The molecular formula is C12H11NO3S. The van der Waals surface area contributed by atoms with Gasteiger partial charge in [0.1, 0.15) is 5.75 Å². The molecule has 1 N–H and O–H groups in total. The van der Waals surface area contributed by atoms with Crippen LogP contribution in [0.15, 0.2) is 24.4 Å². The number of aromatic carboxylic acids is 1. The molecule has 0 unspecified atom stereocenters. The van der Waals surface area contributed by atoms with Crippen molar-refractivity contribution in [3.63, 3.8) is 0 Å². The molecule has 1 aromatic heterocycles. The highest BCUT2D eigenvalue weighted by Crippen LogP contribution is 2.34. The zero-order valence-electron chi connectivity index (χ0n) is 9.43. The number of aromatic nitrogens is 1. The van der Waals surface area contributed by atoms with Crippen LogP contribution in [0, 0.1) is 6.92 Å². The highest BCUT2D eigenvalue weighted by molar-refractivity contribution is 7.15. The quantitative estimate of drug-likeness (QED) is 0.908. The number of hydrogen-bond acceptors (Lipinski definition) is 4. The van der Waals surface area contributed by atoms with E-state index in [2.05, 4.69) is 4.98 Å². The molecule has 0 radical (unpaired) electrons. The first-order valence-corrected chi connectivity index (χ1v) is 5.77. The number of carbonyl (C=O) groups is 1. The van der Waals surface area contributed by atoms with Crippen LogP contribution in [-0.2, 0) is 0 Å². The highest BCUT2D eigenvalue weighted by Gasteiger charge is 2.12. The van der Waals surface area contributed by atoms with Crippen molar-refractivity contribution < 1.29 is 14.6 Å². The van der Waals surface area contributed by atoms with Gasteiger partial charge in [0.2, 0.25) is 0 Å². The fourth-order valence-electron chi connectivity index (χ4n) is 1.51. The number of carboxylic acids is 1. The monoisotopic (exact) mass is 249 g/mol. The van der Waals surface area contributed by atoms with Crippen molar-refractivity contribution in [1.29, 1.82) is 0 Å². The van der Waals surface area contributed by atoms with E-state index in [1.807, 2.05) is 6.92 Å². The van der Waals surface area contributed by atoms with Crippen LogP contribution in [0.25, 0.3) is 10.4 Å². The molecule has 4 nitrogen and oxygen atoms in total. The van der Waals surface area contributed by atoms with Gasteiger partial charge in [-0.25, -0.2) is 9.78 Å². The molecule has 0 fully saturated rings. The van der Waals surface area contributed by atoms with Gasteiger partial charge in [0.25, 0.3) is 0 Å². The molecule has 0 bridgehead atoms. The Balaban J connectivity index is 2.51. The summed E-state index contributed by atoms with van der Waals surface area (Å²) in [4.78, 5) is 16.0. The number of rotatable bonds is 3. The van der Waals surface area contributed by atoms with Gasteiger partial charge in [-0.1, -0.05) is 0 Å². The second kappa shape index (κ2) is 4.55. The first-order valence-electron chi connectivity index (χ1n) is 4.96. The topological polar surface area (TPSA) is 59.4 Å². The largest absolute Gasteiger partial charge is 0.496 e.